The largest absolute Gasteiger partial charge is 0.416 e. The number of nitrogens with zero attached hydrogens (tertiary/aromatic N) is 4. The van der Waals surface area contributed by atoms with Gasteiger partial charge in [-0.05, 0) is 54.1 Å². The highest BCUT2D eigenvalue weighted by Crippen LogP contribution is 2.36. The monoisotopic (exact) mass is 451 g/mol. The zero-order valence-electron chi connectivity index (χ0n) is 17.5. The van der Waals surface area contributed by atoms with Crippen molar-refractivity contribution in [2.45, 2.75) is 12.7 Å². The number of pyridine rings is 1. The van der Waals surface area contributed by atoms with Crippen LogP contribution in [0.4, 0.5) is 24.5 Å². The molecule has 4 rings (SSSR count). The van der Waals surface area contributed by atoms with E-state index in [1.54, 1.807) is 12.1 Å². The highest BCUT2D eigenvalue weighted by Gasteiger charge is 2.30. The van der Waals surface area contributed by atoms with Crippen LogP contribution in [0, 0.1) is 11.3 Å². The van der Waals surface area contributed by atoms with Crippen molar-refractivity contribution < 1.29 is 18.0 Å². The molecule has 0 aliphatic carbocycles. The second-order valence-electron chi connectivity index (χ2n) is 7.68. The molecule has 2 heterocycles. The summed E-state index contributed by atoms with van der Waals surface area (Å²) in [5.41, 5.74) is 8.50. The number of nitriles is 1. The lowest BCUT2D eigenvalue weighted by Crippen LogP contribution is -2.29. The van der Waals surface area contributed by atoms with E-state index in [0.717, 1.165) is 28.9 Å². The maximum Gasteiger partial charge on any atom is 0.416 e. The van der Waals surface area contributed by atoms with Gasteiger partial charge in [0.25, 0.3) is 5.91 Å². The van der Waals surface area contributed by atoms with Gasteiger partial charge in [0.1, 0.15) is 5.69 Å². The average Bonchev–Trinajstić information content (AvgIpc) is 2.97. The maximum absolute atomic E-state index is 13.0. The number of carbonyl (C=O) groups is 1. The third kappa shape index (κ3) is 4.81. The lowest BCUT2D eigenvalue weighted by molar-refractivity contribution is -0.137. The summed E-state index contributed by atoms with van der Waals surface area (Å²) >= 11 is 0. The molecule has 9 heteroatoms. The molecule has 0 bridgehead atoms. The fraction of sp³-hybridized carbons (Fsp3) is 0.208. The van der Waals surface area contributed by atoms with Crippen LogP contribution in [-0.4, -0.2) is 35.4 Å². The van der Waals surface area contributed by atoms with E-state index >= 15 is 0 Å². The van der Waals surface area contributed by atoms with E-state index in [1.807, 2.05) is 28.0 Å². The van der Waals surface area contributed by atoms with Gasteiger partial charge >= 0.3 is 6.18 Å². The molecule has 1 aromatic heterocycles. The molecule has 2 N–H and O–H groups in total. The predicted octanol–water partition coefficient (Wildman–Crippen LogP) is 4.34. The minimum Gasteiger partial charge on any atom is -0.364 e. The topological polar surface area (TPSA) is 86.3 Å². The second kappa shape index (κ2) is 8.92. The molecular formula is C24H20F3N5O. The van der Waals surface area contributed by atoms with E-state index < -0.39 is 17.6 Å². The number of benzene rings is 2. The fourth-order valence-corrected chi connectivity index (χ4v) is 3.88. The zero-order chi connectivity index (χ0) is 23.6. The molecule has 2 aromatic carbocycles. The van der Waals surface area contributed by atoms with Crippen molar-refractivity contribution in [3.63, 3.8) is 0 Å². The summed E-state index contributed by atoms with van der Waals surface area (Å²) < 4.78 is 39.0. The van der Waals surface area contributed by atoms with E-state index in [-0.39, 0.29) is 12.2 Å². The van der Waals surface area contributed by atoms with Crippen LogP contribution in [0.15, 0.2) is 60.7 Å². The first-order valence-electron chi connectivity index (χ1n) is 10.2. The van der Waals surface area contributed by atoms with E-state index in [9.17, 15) is 23.2 Å². The first-order valence-corrected chi connectivity index (χ1v) is 10.2. The molecule has 0 saturated heterocycles. The lowest BCUT2D eigenvalue weighted by Gasteiger charge is -2.25. The minimum atomic E-state index is -4.40. The number of alkyl halides is 3. The number of primary amides is 1. The molecule has 0 saturated carbocycles. The van der Waals surface area contributed by atoms with Crippen molar-refractivity contribution in [2.75, 3.05) is 24.5 Å². The Bertz CT molecular complexity index is 1220. The highest BCUT2D eigenvalue weighted by atomic mass is 19.4. The molecule has 0 atom stereocenters. The maximum atomic E-state index is 13.0. The van der Waals surface area contributed by atoms with Crippen molar-refractivity contribution in [1.82, 2.24) is 9.88 Å². The Morgan fingerprint density at radius 3 is 2.52 bits per heavy atom. The molecule has 1 aliphatic heterocycles. The van der Waals surface area contributed by atoms with Crippen LogP contribution in [0.25, 0.3) is 11.3 Å². The van der Waals surface area contributed by atoms with Crippen LogP contribution >= 0.6 is 0 Å². The standard InChI is InChI=1S/C24H20F3N5O/c25-24(26,27)18-5-7-19(8-6-18)32-13-12-31(11-10-28)15-17-14-16(4-9-22(17)32)20-2-1-3-21(30-20)23(29)33/h1-9,14H,11-13,15H2,(H2,29,33). The van der Waals surface area contributed by atoms with Crippen LogP contribution in [0.1, 0.15) is 21.6 Å². The Kier molecular flexibility index (Phi) is 6.03. The smallest absolute Gasteiger partial charge is 0.364 e. The molecule has 1 amide bonds. The Morgan fingerprint density at radius 1 is 1.09 bits per heavy atom. The fourth-order valence-electron chi connectivity index (χ4n) is 3.88. The Labute approximate surface area is 188 Å². The van der Waals surface area contributed by atoms with Crippen molar-refractivity contribution in [2.24, 2.45) is 5.73 Å². The van der Waals surface area contributed by atoms with Crippen LogP contribution in [-0.2, 0) is 12.7 Å². The number of amides is 1. The zero-order valence-corrected chi connectivity index (χ0v) is 17.5. The number of rotatable bonds is 4. The molecule has 0 fully saturated rings. The quantitative estimate of drug-likeness (QED) is 0.597. The van der Waals surface area contributed by atoms with E-state index in [4.69, 9.17) is 5.73 Å². The van der Waals surface area contributed by atoms with E-state index in [0.29, 0.717) is 31.0 Å². The number of nitrogens with two attached hydrogens (primary N) is 1. The molecule has 168 valence electrons. The third-order valence-corrected chi connectivity index (χ3v) is 5.50. The molecule has 0 spiro atoms. The van der Waals surface area contributed by atoms with Crippen LogP contribution in [0.5, 0.6) is 0 Å². The van der Waals surface area contributed by atoms with Crippen molar-refractivity contribution in [3.05, 3.63) is 77.5 Å². The van der Waals surface area contributed by atoms with Gasteiger partial charge in [0.2, 0.25) is 0 Å². The van der Waals surface area contributed by atoms with Crippen LogP contribution < -0.4 is 10.6 Å². The van der Waals surface area contributed by atoms with Crippen molar-refractivity contribution >= 4 is 17.3 Å². The Hall–Kier alpha value is -3.90. The molecule has 6 nitrogen and oxygen atoms in total. The van der Waals surface area contributed by atoms with E-state index in [2.05, 4.69) is 11.1 Å². The van der Waals surface area contributed by atoms with Gasteiger partial charge in [0, 0.05) is 36.6 Å². The average molecular weight is 451 g/mol. The first-order chi connectivity index (χ1) is 15.8. The summed E-state index contributed by atoms with van der Waals surface area (Å²) in [5, 5.41) is 9.20. The van der Waals surface area contributed by atoms with Crippen LogP contribution in [0.3, 0.4) is 0 Å². The summed E-state index contributed by atoms with van der Waals surface area (Å²) in [6.07, 6.45) is -4.40. The van der Waals surface area contributed by atoms with Crippen molar-refractivity contribution in [3.8, 4) is 17.3 Å². The predicted molar refractivity (Wildman–Crippen MR) is 118 cm³/mol. The normalized spacial score (nSPS) is 14.3. The first kappa shape index (κ1) is 22.3. The number of carbonyl (C=O) groups excluding carboxylic acids is 1. The Balaban J connectivity index is 1.75. The van der Waals surface area contributed by atoms with Gasteiger partial charge in [0.05, 0.1) is 23.9 Å². The lowest BCUT2D eigenvalue weighted by atomic mass is 10.0. The summed E-state index contributed by atoms with van der Waals surface area (Å²) in [7, 11) is 0. The molecule has 3 aromatic rings. The number of halogens is 3. The molecule has 0 radical (unpaired) electrons. The third-order valence-electron chi connectivity index (χ3n) is 5.50. The van der Waals surface area contributed by atoms with Gasteiger partial charge in [0.15, 0.2) is 0 Å². The number of hydrogen-bond acceptors (Lipinski definition) is 5. The van der Waals surface area contributed by atoms with Gasteiger partial charge in [-0.3, -0.25) is 9.69 Å². The summed E-state index contributed by atoms with van der Waals surface area (Å²) in [6, 6.07) is 17.9. The van der Waals surface area contributed by atoms with Crippen LogP contribution in [0.2, 0.25) is 0 Å². The van der Waals surface area contributed by atoms with Gasteiger partial charge in [-0.25, -0.2) is 4.98 Å². The van der Waals surface area contributed by atoms with Gasteiger partial charge in [-0.15, -0.1) is 0 Å². The second-order valence-corrected chi connectivity index (χ2v) is 7.68. The number of fused-ring (bicyclic) bond motifs is 1. The number of hydrogen-bond donors (Lipinski definition) is 1. The Morgan fingerprint density at radius 2 is 1.85 bits per heavy atom. The summed E-state index contributed by atoms with van der Waals surface area (Å²) in [6.45, 7) is 1.78. The van der Waals surface area contributed by atoms with E-state index in [1.165, 1.54) is 18.2 Å². The number of aromatic nitrogens is 1. The van der Waals surface area contributed by atoms with Crippen molar-refractivity contribution in [1.29, 1.82) is 5.26 Å². The molecule has 1 aliphatic rings. The SMILES string of the molecule is N#CCN1CCN(c2ccc(C(F)(F)F)cc2)c2ccc(-c3cccc(C(N)=O)n3)cc2C1. The molecular weight excluding hydrogens is 431 g/mol. The van der Waals surface area contributed by atoms with Gasteiger partial charge < -0.3 is 10.6 Å². The molecule has 33 heavy (non-hydrogen) atoms. The minimum absolute atomic E-state index is 0.153. The van der Waals surface area contributed by atoms with Gasteiger partial charge in [-0.2, -0.15) is 18.4 Å². The molecule has 0 unspecified atom stereocenters. The van der Waals surface area contributed by atoms with Gasteiger partial charge in [-0.1, -0.05) is 12.1 Å². The summed E-state index contributed by atoms with van der Waals surface area (Å²) in [4.78, 5) is 19.7. The highest BCUT2D eigenvalue weighted by molar-refractivity contribution is 5.91. The number of anilines is 2. The summed E-state index contributed by atoms with van der Waals surface area (Å²) in [5.74, 6) is -0.625.